The number of ether oxygens (including phenoxy) is 2. The van der Waals surface area contributed by atoms with Crippen molar-refractivity contribution in [3.8, 4) is 0 Å². The molecule has 0 saturated carbocycles. The van der Waals surface area contributed by atoms with Crippen LogP contribution in [0.15, 0.2) is 24.3 Å². The van der Waals surface area contributed by atoms with E-state index in [1.54, 1.807) is 0 Å². The molecule has 0 aromatic carbocycles. The van der Waals surface area contributed by atoms with Crippen molar-refractivity contribution in [1.82, 2.24) is 0 Å². The molecule has 10 heteroatoms. The summed E-state index contributed by atoms with van der Waals surface area (Å²) in [5.74, 6) is -0.801. The Bertz CT molecular complexity index is 1410. The molecule has 0 bridgehead atoms. The smallest absolute Gasteiger partial charge is 0.462 e. The van der Waals surface area contributed by atoms with E-state index in [0.717, 1.165) is 38.5 Å². The summed E-state index contributed by atoms with van der Waals surface area (Å²) in [7, 11) is -4.39. The van der Waals surface area contributed by atoms with Crippen LogP contribution < -0.4 is 5.73 Å². The van der Waals surface area contributed by atoms with Gasteiger partial charge in [-0.3, -0.25) is 18.6 Å². The Hall–Kier alpha value is -1.51. The Morgan fingerprint density at radius 3 is 0.916 bits per heavy atom. The van der Waals surface area contributed by atoms with Gasteiger partial charge in [-0.1, -0.05) is 366 Å². The van der Waals surface area contributed by atoms with Crippen molar-refractivity contribution >= 4 is 19.8 Å². The minimum absolute atomic E-state index is 0.0571. The monoisotopic (exact) mass is 1190 g/mol. The van der Waals surface area contributed by atoms with E-state index in [-0.39, 0.29) is 38.6 Å². The van der Waals surface area contributed by atoms with Crippen LogP contribution in [0.1, 0.15) is 399 Å². The zero-order chi connectivity index (χ0) is 60.1. The third kappa shape index (κ3) is 69.5. The molecule has 0 aliphatic carbocycles. The zero-order valence-electron chi connectivity index (χ0n) is 55.5. The predicted molar refractivity (Wildman–Crippen MR) is 358 cm³/mol. The summed E-state index contributed by atoms with van der Waals surface area (Å²) in [6.45, 7) is 3.82. The second-order valence-corrected chi connectivity index (χ2v) is 26.6. The first-order valence-corrected chi connectivity index (χ1v) is 38.3. The fourth-order valence-corrected chi connectivity index (χ4v) is 12.1. The molecular weight excluding hydrogens is 1050 g/mol. The molecule has 0 rings (SSSR count). The maximum Gasteiger partial charge on any atom is 0.472 e. The van der Waals surface area contributed by atoms with E-state index in [9.17, 15) is 19.0 Å². The number of hydrogen-bond acceptors (Lipinski definition) is 8. The number of unbranched alkanes of at least 4 members (excludes halogenated alkanes) is 54. The second kappa shape index (κ2) is 69.6. The lowest BCUT2D eigenvalue weighted by molar-refractivity contribution is -0.161. The summed E-state index contributed by atoms with van der Waals surface area (Å²) < 4.78 is 33.2. The van der Waals surface area contributed by atoms with Crippen LogP contribution in [-0.4, -0.2) is 49.3 Å². The van der Waals surface area contributed by atoms with Crippen LogP contribution in [-0.2, 0) is 32.7 Å². The third-order valence-corrected chi connectivity index (χ3v) is 17.8. The lowest BCUT2D eigenvalue weighted by atomic mass is 10.0. The molecule has 9 nitrogen and oxygen atoms in total. The van der Waals surface area contributed by atoms with Gasteiger partial charge < -0.3 is 20.1 Å². The topological polar surface area (TPSA) is 134 Å². The minimum Gasteiger partial charge on any atom is -0.462 e. The van der Waals surface area contributed by atoms with Gasteiger partial charge in [0.2, 0.25) is 0 Å². The first kappa shape index (κ1) is 81.5. The van der Waals surface area contributed by atoms with Gasteiger partial charge in [0.25, 0.3) is 0 Å². The van der Waals surface area contributed by atoms with Gasteiger partial charge in [0, 0.05) is 19.4 Å². The highest BCUT2D eigenvalue weighted by atomic mass is 31.2. The SMILES string of the molecule is CCCCCCC/C=C\C/C=C\CCCCCCCCCCCCCCCCCCCCCC(=O)OC(COC(=O)CCCCCCCCCCCCCCCCCCCCCCCCCCCCCCCCC)COP(=O)(O)OCCN. The number of esters is 2. The summed E-state index contributed by atoms with van der Waals surface area (Å²) in [5, 5.41) is 0. The van der Waals surface area contributed by atoms with E-state index < -0.39 is 26.5 Å². The van der Waals surface area contributed by atoms with Crippen LogP contribution >= 0.6 is 7.82 Å². The lowest BCUT2D eigenvalue weighted by Gasteiger charge is -2.19. The Morgan fingerprint density at radius 2 is 0.627 bits per heavy atom. The van der Waals surface area contributed by atoms with E-state index >= 15 is 0 Å². The van der Waals surface area contributed by atoms with Gasteiger partial charge in [-0.05, 0) is 44.9 Å². The first-order valence-electron chi connectivity index (χ1n) is 36.8. The number of phosphoric acid groups is 1. The van der Waals surface area contributed by atoms with Crippen molar-refractivity contribution in [3.63, 3.8) is 0 Å². The van der Waals surface area contributed by atoms with E-state index in [4.69, 9.17) is 24.3 Å². The van der Waals surface area contributed by atoms with Gasteiger partial charge in [0.05, 0.1) is 13.2 Å². The molecule has 3 N–H and O–H groups in total. The zero-order valence-corrected chi connectivity index (χ0v) is 56.4. The van der Waals surface area contributed by atoms with E-state index in [1.807, 2.05) is 0 Å². The molecule has 492 valence electrons. The highest BCUT2D eigenvalue weighted by Crippen LogP contribution is 2.43. The maximum atomic E-state index is 12.8. The molecule has 2 unspecified atom stereocenters. The standard InChI is InChI=1S/C73H142NO8P/c1-3-5-7-9-11-13-15-17-19-21-23-25-27-29-31-33-35-37-39-41-43-45-47-49-51-53-55-57-59-61-63-65-72(75)79-69-71(70-81-83(77,78)80-68-67-74)82-73(76)66-64-62-60-58-56-54-52-50-48-46-44-42-40-38-36-34-32-30-28-26-24-22-20-18-16-14-12-10-8-6-4-2/h16,18,22,24,71H,3-15,17,19-21,23,25-70,74H2,1-2H3,(H,77,78)/b18-16-,24-22-. The van der Waals surface area contributed by atoms with E-state index in [1.165, 1.54) is 327 Å². The highest BCUT2D eigenvalue weighted by molar-refractivity contribution is 7.47. The Morgan fingerprint density at radius 1 is 0.361 bits per heavy atom. The summed E-state index contributed by atoms with van der Waals surface area (Å²) in [6, 6.07) is 0. The van der Waals surface area contributed by atoms with Crippen LogP contribution in [0.5, 0.6) is 0 Å². The fourth-order valence-electron chi connectivity index (χ4n) is 11.4. The van der Waals surface area contributed by atoms with E-state index in [2.05, 4.69) is 38.2 Å². The quantitative estimate of drug-likeness (QED) is 0.0264. The molecule has 0 heterocycles. The molecule has 0 saturated heterocycles. The van der Waals surface area contributed by atoms with Crippen LogP contribution in [0.25, 0.3) is 0 Å². The Kier molecular flexibility index (Phi) is 68.3. The summed E-state index contributed by atoms with van der Waals surface area (Å²) in [4.78, 5) is 35.4. The van der Waals surface area contributed by atoms with E-state index in [0.29, 0.717) is 6.42 Å². The lowest BCUT2D eigenvalue weighted by Crippen LogP contribution is -2.29. The molecule has 0 aromatic rings. The highest BCUT2D eigenvalue weighted by Gasteiger charge is 2.26. The number of hydrogen-bond donors (Lipinski definition) is 2. The third-order valence-electron chi connectivity index (χ3n) is 16.8. The second-order valence-electron chi connectivity index (χ2n) is 25.2. The number of rotatable bonds is 71. The number of nitrogens with two attached hydrogens (primary N) is 1. The minimum atomic E-state index is -4.39. The molecule has 0 aromatic heterocycles. The Balaban J connectivity index is 3.79. The van der Waals surface area contributed by atoms with Gasteiger partial charge in [-0.15, -0.1) is 0 Å². The molecule has 0 fully saturated rings. The molecule has 0 amide bonds. The molecule has 2 atom stereocenters. The Labute approximate surface area is 516 Å². The summed E-state index contributed by atoms with van der Waals surface area (Å²) >= 11 is 0. The average Bonchev–Trinajstić information content (AvgIpc) is 3.48. The fraction of sp³-hybridized carbons (Fsp3) is 0.918. The van der Waals surface area contributed by atoms with Gasteiger partial charge in [0.15, 0.2) is 6.10 Å². The molecule has 83 heavy (non-hydrogen) atoms. The predicted octanol–water partition coefficient (Wildman–Crippen LogP) is 24.1. The van der Waals surface area contributed by atoms with Crippen molar-refractivity contribution in [2.75, 3.05) is 26.4 Å². The van der Waals surface area contributed by atoms with Crippen LogP contribution in [0.2, 0.25) is 0 Å². The summed E-state index contributed by atoms with van der Waals surface area (Å²) in [6.07, 6.45) is 85.8. The average molecular weight is 1190 g/mol. The van der Waals surface area contributed by atoms with Crippen molar-refractivity contribution in [1.29, 1.82) is 0 Å². The molecule has 0 spiro atoms. The van der Waals surface area contributed by atoms with Crippen molar-refractivity contribution in [3.05, 3.63) is 24.3 Å². The van der Waals surface area contributed by atoms with Gasteiger partial charge in [-0.2, -0.15) is 0 Å². The van der Waals surface area contributed by atoms with Crippen molar-refractivity contribution < 1.29 is 37.6 Å². The van der Waals surface area contributed by atoms with Crippen LogP contribution in [0, 0.1) is 0 Å². The maximum absolute atomic E-state index is 12.8. The molecule has 0 aliphatic heterocycles. The number of carbonyl (C=O) groups is 2. The molecule has 0 aliphatic rings. The van der Waals surface area contributed by atoms with Gasteiger partial charge in [-0.25, -0.2) is 4.57 Å². The normalized spacial score (nSPS) is 13.0. The number of allylic oxidation sites excluding steroid dienone is 4. The van der Waals surface area contributed by atoms with Crippen LogP contribution in [0.3, 0.4) is 0 Å². The number of carbonyl (C=O) groups excluding carboxylic acids is 2. The first-order chi connectivity index (χ1) is 40.8. The van der Waals surface area contributed by atoms with Crippen molar-refractivity contribution in [2.24, 2.45) is 5.73 Å². The largest absolute Gasteiger partial charge is 0.472 e. The van der Waals surface area contributed by atoms with Gasteiger partial charge >= 0.3 is 19.8 Å². The summed E-state index contributed by atoms with van der Waals surface area (Å²) in [5.41, 5.74) is 5.41. The van der Waals surface area contributed by atoms with Crippen LogP contribution in [0.4, 0.5) is 0 Å². The number of phosphoric ester groups is 1. The molecular formula is C73H142NO8P. The molecule has 0 radical (unpaired) electrons. The van der Waals surface area contributed by atoms with Crippen molar-refractivity contribution in [2.45, 2.75) is 405 Å². The van der Waals surface area contributed by atoms with Gasteiger partial charge in [0.1, 0.15) is 6.61 Å².